The number of benzene rings is 1. The summed E-state index contributed by atoms with van der Waals surface area (Å²) in [5.74, 6) is -2.63. The molecule has 0 saturated heterocycles. The molecule has 0 aliphatic carbocycles. The molecule has 2 aromatic rings. The number of ether oxygens (including phenoxy) is 1. The van der Waals surface area contributed by atoms with Crippen LogP contribution in [0.1, 0.15) is 17.3 Å². The highest BCUT2D eigenvalue weighted by Gasteiger charge is 2.21. The third-order valence-electron chi connectivity index (χ3n) is 2.74. The molecule has 0 atom stereocenters. The Morgan fingerprint density at radius 2 is 1.91 bits per heavy atom. The fourth-order valence-electron chi connectivity index (χ4n) is 1.76. The molecule has 1 aromatic carbocycles. The van der Waals surface area contributed by atoms with Gasteiger partial charge >= 0.3 is 11.9 Å². The average molecular weight is 318 g/mol. The van der Waals surface area contributed by atoms with Gasteiger partial charge in [-0.25, -0.2) is 4.79 Å². The summed E-state index contributed by atoms with van der Waals surface area (Å²) in [6.07, 6.45) is 0. The van der Waals surface area contributed by atoms with Gasteiger partial charge in [-0.3, -0.25) is 9.59 Å². The second-order valence-electron chi connectivity index (χ2n) is 4.26. The van der Waals surface area contributed by atoms with Crippen molar-refractivity contribution >= 4 is 34.1 Å². The van der Waals surface area contributed by atoms with E-state index in [9.17, 15) is 14.4 Å². The number of rotatable bonds is 4. The first-order valence-electron chi connectivity index (χ1n) is 6.50. The second kappa shape index (κ2) is 6.86. The number of amides is 2. The average Bonchev–Trinajstić information content (AvgIpc) is 2.92. The van der Waals surface area contributed by atoms with Crippen LogP contribution < -0.4 is 11.1 Å². The third kappa shape index (κ3) is 3.50. The Morgan fingerprint density at radius 1 is 1.23 bits per heavy atom. The van der Waals surface area contributed by atoms with Crippen molar-refractivity contribution in [3.05, 3.63) is 42.0 Å². The molecule has 0 saturated carbocycles. The first-order valence-corrected chi connectivity index (χ1v) is 7.31. The standard InChI is InChI=1S/C15H14N2O4S/c1-2-21-15(20)13(19)17-14-10(12(16)18)8-11(22-14)9-6-4-3-5-7-9/h3-8H,2H2,1H3,(H2,16,18)(H,17,19). The van der Waals surface area contributed by atoms with Gasteiger partial charge in [-0.1, -0.05) is 30.3 Å². The first-order chi connectivity index (χ1) is 10.5. The van der Waals surface area contributed by atoms with Crippen molar-refractivity contribution in [2.24, 2.45) is 5.73 Å². The Morgan fingerprint density at radius 3 is 2.50 bits per heavy atom. The summed E-state index contributed by atoms with van der Waals surface area (Å²) >= 11 is 1.16. The van der Waals surface area contributed by atoms with Gasteiger partial charge in [0.1, 0.15) is 5.00 Å². The zero-order valence-corrected chi connectivity index (χ0v) is 12.6. The van der Waals surface area contributed by atoms with Crippen LogP contribution in [-0.4, -0.2) is 24.4 Å². The minimum Gasteiger partial charge on any atom is -0.459 e. The zero-order chi connectivity index (χ0) is 16.1. The molecule has 114 valence electrons. The van der Waals surface area contributed by atoms with Gasteiger partial charge in [0.05, 0.1) is 12.2 Å². The van der Waals surface area contributed by atoms with Gasteiger partial charge < -0.3 is 15.8 Å². The Bertz CT molecular complexity index is 710. The van der Waals surface area contributed by atoms with Crippen LogP contribution in [0.3, 0.4) is 0 Å². The molecule has 0 spiro atoms. The van der Waals surface area contributed by atoms with Crippen LogP contribution in [0.25, 0.3) is 10.4 Å². The molecule has 0 radical (unpaired) electrons. The fourth-order valence-corrected chi connectivity index (χ4v) is 2.83. The number of thiophene rings is 1. The van der Waals surface area contributed by atoms with Gasteiger partial charge in [0.15, 0.2) is 0 Å². The predicted molar refractivity (Wildman–Crippen MR) is 83.5 cm³/mol. The molecular formula is C15H14N2O4S. The quantitative estimate of drug-likeness (QED) is 0.665. The molecule has 6 nitrogen and oxygen atoms in total. The number of hydrogen-bond donors (Lipinski definition) is 2. The molecule has 3 N–H and O–H groups in total. The van der Waals surface area contributed by atoms with Crippen molar-refractivity contribution in [3.63, 3.8) is 0 Å². The van der Waals surface area contributed by atoms with Crippen molar-refractivity contribution < 1.29 is 19.1 Å². The van der Waals surface area contributed by atoms with E-state index < -0.39 is 17.8 Å². The lowest BCUT2D eigenvalue weighted by molar-refractivity contribution is -0.152. The topological polar surface area (TPSA) is 98.5 Å². The number of hydrogen-bond acceptors (Lipinski definition) is 5. The van der Waals surface area contributed by atoms with E-state index in [1.165, 1.54) is 0 Å². The van der Waals surface area contributed by atoms with Gasteiger partial charge in [0.2, 0.25) is 0 Å². The summed E-state index contributed by atoms with van der Waals surface area (Å²) in [6.45, 7) is 1.69. The first kappa shape index (κ1) is 15.7. The largest absolute Gasteiger partial charge is 0.459 e. The minimum atomic E-state index is -1.01. The number of esters is 1. The van der Waals surface area contributed by atoms with E-state index in [1.54, 1.807) is 13.0 Å². The Labute approximate surface area is 130 Å². The van der Waals surface area contributed by atoms with E-state index in [0.29, 0.717) is 0 Å². The van der Waals surface area contributed by atoms with Crippen LogP contribution in [0.4, 0.5) is 5.00 Å². The number of nitrogens with two attached hydrogens (primary N) is 1. The van der Waals surface area contributed by atoms with Gasteiger partial charge in [-0.15, -0.1) is 11.3 Å². The molecule has 0 aliphatic rings. The van der Waals surface area contributed by atoms with Gasteiger partial charge in [-0.2, -0.15) is 0 Å². The van der Waals surface area contributed by atoms with Crippen LogP contribution in [0.5, 0.6) is 0 Å². The van der Waals surface area contributed by atoms with Gasteiger partial charge in [0, 0.05) is 4.88 Å². The highest BCUT2D eigenvalue weighted by Crippen LogP contribution is 2.35. The van der Waals surface area contributed by atoms with Crippen molar-refractivity contribution in [3.8, 4) is 10.4 Å². The number of primary amides is 1. The van der Waals surface area contributed by atoms with Crippen molar-refractivity contribution in [1.29, 1.82) is 0 Å². The van der Waals surface area contributed by atoms with Crippen molar-refractivity contribution in [2.75, 3.05) is 11.9 Å². The van der Waals surface area contributed by atoms with E-state index in [4.69, 9.17) is 5.73 Å². The predicted octanol–water partition coefficient (Wildman–Crippen LogP) is 2.02. The van der Waals surface area contributed by atoms with E-state index in [2.05, 4.69) is 10.1 Å². The zero-order valence-electron chi connectivity index (χ0n) is 11.8. The molecule has 0 unspecified atom stereocenters. The number of anilines is 1. The summed E-state index contributed by atoms with van der Waals surface area (Å²) in [7, 11) is 0. The maximum absolute atomic E-state index is 11.7. The van der Waals surface area contributed by atoms with E-state index >= 15 is 0 Å². The number of carbonyl (C=O) groups is 3. The lowest BCUT2D eigenvalue weighted by Gasteiger charge is -2.03. The summed E-state index contributed by atoms with van der Waals surface area (Å²) in [6, 6.07) is 10.9. The molecule has 22 heavy (non-hydrogen) atoms. The summed E-state index contributed by atoms with van der Waals surface area (Å²) < 4.78 is 4.61. The van der Waals surface area contributed by atoms with Crippen LogP contribution in [0.15, 0.2) is 36.4 Å². The molecule has 0 aliphatic heterocycles. The number of nitrogens with one attached hydrogen (secondary N) is 1. The summed E-state index contributed by atoms with van der Waals surface area (Å²) in [5.41, 5.74) is 6.35. The van der Waals surface area contributed by atoms with Crippen LogP contribution in [0, 0.1) is 0 Å². The Hall–Kier alpha value is -2.67. The molecule has 1 heterocycles. The van der Waals surface area contributed by atoms with Crippen LogP contribution >= 0.6 is 11.3 Å². The highest BCUT2D eigenvalue weighted by molar-refractivity contribution is 7.20. The molecule has 1 aromatic heterocycles. The Kier molecular flexibility index (Phi) is 4.90. The van der Waals surface area contributed by atoms with Crippen molar-refractivity contribution in [1.82, 2.24) is 0 Å². The molecule has 7 heteroatoms. The van der Waals surface area contributed by atoms with Crippen LogP contribution in [0.2, 0.25) is 0 Å². The normalized spacial score (nSPS) is 10.0. The van der Waals surface area contributed by atoms with Crippen LogP contribution in [-0.2, 0) is 14.3 Å². The van der Waals surface area contributed by atoms with E-state index in [1.807, 2.05) is 30.3 Å². The Balaban J connectivity index is 2.31. The van der Waals surface area contributed by atoms with E-state index in [-0.39, 0.29) is 17.2 Å². The van der Waals surface area contributed by atoms with E-state index in [0.717, 1.165) is 21.8 Å². The third-order valence-corrected chi connectivity index (χ3v) is 3.84. The molecule has 2 rings (SSSR count). The lowest BCUT2D eigenvalue weighted by atomic mass is 10.1. The molecule has 0 bridgehead atoms. The molecule has 0 fully saturated rings. The van der Waals surface area contributed by atoms with Gasteiger partial charge in [0.25, 0.3) is 5.91 Å². The SMILES string of the molecule is CCOC(=O)C(=O)Nc1sc(-c2ccccc2)cc1C(N)=O. The maximum atomic E-state index is 11.7. The number of carbonyl (C=O) groups excluding carboxylic acids is 3. The molecule has 2 amide bonds. The molecular weight excluding hydrogens is 304 g/mol. The highest BCUT2D eigenvalue weighted by atomic mass is 32.1. The fraction of sp³-hybridized carbons (Fsp3) is 0.133. The van der Waals surface area contributed by atoms with Gasteiger partial charge in [-0.05, 0) is 18.6 Å². The summed E-state index contributed by atoms with van der Waals surface area (Å²) in [5, 5.41) is 2.60. The smallest absolute Gasteiger partial charge is 0.397 e. The summed E-state index contributed by atoms with van der Waals surface area (Å²) in [4.78, 5) is 35.3. The lowest BCUT2D eigenvalue weighted by Crippen LogP contribution is -2.25. The van der Waals surface area contributed by atoms with Crippen molar-refractivity contribution in [2.45, 2.75) is 6.92 Å². The maximum Gasteiger partial charge on any atom is 0.397 e. The minimum absolute atomic E-state index is 0.0919. The second-order valence-corrected chi connectivity index (χ2v) is 5.31. The monoisotopic (exact) mass is 318 g/mol.